The van der Waals surface area contributed by atoms with E-state index in [-0.39, 0.29) is 23.8 Å². The Kier molecular flexibility index (Phi) is 7.95. The van der Waals surface area contributed by atoms with E-state index in [1.165, 1.54) is 0 Å². The lowest BCUT2D eigenvalue weighted by molar-refractivity contribution is -0.121. The van der Waals surface area contributed by atoms with Gasteiger partial charge < -0.3 is 9.73 Å². The molecular weight excluding hydrogens is 476 g/mol. The number of amides is 1. The van der Waals surface area contributed by atoms with E-state index in [0.717, 1.165) is 11.1 Å². The lowest BCUT2D eigenvalue weighted by Gasteiger charge is -2.16. The highest BCUT2D eigenvalue weighted by molar-refractivity contribution is 7.90. The quantitative estimate of drug-likeness (QED) is 0.303. The van der Waals surface area contributed by atoms with Gasteiger partial charge in [-0.05, 0) is 43.0 Å². The van der Waals surface area contributed by atoms with Gasteiger partial charge in [0.1, 0.15) is 5.52 Å². The zero-order valence-corrected chi connectivity index (χ0v) is 20.8. The van der Waals surface area contributed by atoms with Crippen LogP contribution in [0.3, 0.4) is 0 Å². The van der Waals surface area contributed by atoms with Gasteiger partial charge >= 0.3 is 0 Å². The summed E-state index contributed by atoms with van der Waals surface area (Å²) in [5.41, 5.74) is 3.77. The molecule has 0 aliphatic rings. The molecule has 36 heavy (non-hydrogen) atoms. The molecule has 0 aliphatic heterocycles. The maximum atomic E-state index is 13.3. The zero-order valence-electron chi connectivity index (χ0n) is 20.0. The Morgan fingerprint density at radius 3 is 2.33 bits per heavy atom. The van der Waals surface area contributed by atoms with Crippen LogP contribution in [-0.4, -0.2) is 36.9 Å². The molecule has 7 nitrogen and oxygen atoms in total. The third kappa shape index (κ3) is 6.88. The van der Waals surface area contributed by atoms with E-state index < -0.39 is 27.6 Å². The van der Waals surface area contributed by atoms with Crippen LogP contribution >= 0.6 is 0 Å². The van der Waals surface area contributed by atoms with Crippen molar-refractivity contribution >= 4 is 32.6 Å². The van der Waals surface area contributed by atoms with Crippen LogP contribution in [0, 0.1) is 6.92 Å². The molecule has 0 saturated heterocycles. The van der Waals surface area contributed by atoms with Gasteiger partial charge in [0.15, 0.2) is 15.4 Å². The molecule has 1 amide bonds. The monoisotopic (exact) mass is 504 g/mol. The van der Waals surface area contributed by atoms with Crippen LogP contribution in [0.25, 0.3) is 11.1 Å². The van der Waals surface area contributed by atoms with Crippen LogP contribution in [0.4, 0.5) is 0 Å². The lowest BCUT2D eigenvalue weighted by atomic mass is 10.0. The first-order valence-electron chi connectivity index (χ1n) is 11.8. The fourth-order valence-corrected chi connectivity index (χ4v) is 5.22. The van der Waals surface area contributed by atoms with E-state index in [4.69, 9.17) is 4.42 Å². The number of sulfone groups is 1. The van der Waals surface area contributed by atoms with Gasteiger partial charge in [-0.25, -0.2) is 13.4 Å². The molecule has 0 spiro atoms. The maximum Gasteiger partial charge on any atom is 0.266 e. The number of nitrogens with zero attached hydrogens (tertiary/aromatic N) is 1. The van der Waals surface area contributed by atoms with Gasteiger partial charge in [-0.3, -0.25) is 9.59 Å². The van der Waals surface area contributed by atoms with Gasteiger partial charge in [0.25, 0.3) is 5.89 Å². The number of carbonyl (C=O) groups is 2. The fourth-order valence-electron chi connectivity index (χ4n) is 3.88. The van der Waals surface area contributed by atoms with Crippen LogP contribution in [0.15, 0.2) is 83.3 Å². The van der Waals surface area contributed by atoms with E-state index >= 15 is 0 Å². The Labute approximate surface area is 210 Å². The first kappa shape index (κ1) is 25.3. The van der Waals surface area contributed by atoms with Crippen molar-refractivity contribution in [1.82, 2.24) is 10.3 Å². The number of rotatable bonds is 11. The highest BCUT2D eigenvalue weighted by Crippen LogP contribution is 2.18. The topological polar surface area (TPSA) is 106 Å². The normalized spacial score (nSPS) is 12.4. The first-order valence-corrected chi connectivity index (χ1v) is 13.6. The van der Waals surface area contributed by atoms with E-state index in [1.54, 1.807) is 36.4 Å². The molecule has 0 radical (unpaired) electrons. The fraction of sp³-hybridized carbons (Fsp3) is 0.250. The number of benzene rings is 3. The molecule has 0 aliphatic carbocycles. The number of fused-ring (bicyclic) bond motifs is 1. The molecule has 0 bridgehead atoms. The average molecular weight is 505 g/mol. The number of carbonyl (C=O) groups excluding carboxylic acids is 2. The number of ketones is 1. The van der Waals surface area contributed by atoms with Gasteiger partial charge in [0.05, 0.1) is 17.5 Å². The maximum absolute atomic E-state index is 13.3. The number of para-hydroxylation sites is 2. The van der Waals surface area contributed by atoms with Crippen LogP contribution in [-0.2, 0) is 26.8 Å². The number of Topliss-reactive ketones (excluding diaryl/α,β-unsaturated/α-hetero) is 1. The lowest BCUT2D eigenvalue weighted by Crippen LogP contribution is -2.42. The Hall–Kier alpha value is -3.78. The van der Waals surface area contributed by atoms with Gasteiger partial charge in [0.2, 0.25) is 11.7 Å². The smallest absolute Gasteiger partial charge is 0.266 e. The van der Waals surface area contributed by atoms with E-state index in [0.29, 0.717) is 29.5 Å². The van der Waals surface area contributed by atoms with Gasteiger partial charge in [-0.1, -0.05) is 72.3 Å². The molecule has 1 N–H and O–H groups in total. The van der Waals surface area contributed by atoms with Crippen LogP contribution in [0.1, 0.15) is 40.2 Å². The number of nitrogens with one attached hydrogen (secondary N) is 1. The summed E-state index contributed by atoms with van der Waals surface area (Å²) < 4.78 is 30.8. The standard InChI is InChI=1S/C28H28N2O5S/c1-20-11-13-22(14-12-20)19-36(33,34)18-17-26(31)29-24(16-15-21-7-3-2-4-8-21)27(32)28-30-23-9-5-6-10-25(23)35-28/h2-14,24H,15-19H2,1H3,(H,29,31)/t24-/m0/s1. The van der Waals surface area contributed by atoms with E-state index in [9.17, 15) is 18.0 Å². The number of hydrogen-bond acceptors (Lipinski definition) is 6. The summed E-state index contributed by atoms with van der Waals surface area (Å²) in [4.78, 5) is 30.3. The highest BCUT2D eigenvalue weighted by atomic mass is 32.2. The molecule has 0 fully saturated rings. The van der Waals surface area contributed by atoms with Crippen molar-refractivity contribution in [3.8, 4) is 0 Å². The highest BCUT2D eigenvalue weighted by Gasteiger charge is 2.27. The van der Waals surface area contributed by atoms with Crippen molar-refractivity contribution in [2.24, 2.45) is 0 Å². The molecule has 4 aromatic rings. The van der Waals surface area contributed by atoms with Crippen LogP contribution in [0.5, 0.6) is 0 Å². The summed E-state index contributed by atoms with van der Waals surface area (Å²) in [6.07, 6.45) is 0.629. The van der Waals surface area contributed by atoms with Gasteiger partial charge in [-0.15, -0.1) is 0 Å². The number of aryl methyl sites for hydroxylation is 2. The van der Waals surface area contributed by atoms with Crippen molar-refractivity contribution in [2.45, 2.75) is 38.0 Å². The molecule has 0 unspecified atom stereocenters. The Bertz CT molecular complexity index is 1410. The molecule has 1 heterocycles. The second-order valence-corrected chi connectivity index (χ2v) is 11.0. The van der Waals surface area contributed by atoms with Crippen molar-refractivity contribution in [1.29, 1.82) is 0 Å². The van der Waals surface area contributed by atoms with Crippen LogP contribution < -0.4 is 5.32 Å². The molecule has 4 rings (SSSR count). The predicted molar refractivity (Wildman–Crippen MR) is 138 cm³/mol. The molecule has 186 valence electrons. The summed E-state index contributed by atoms with van der Waals surface area (Å²) in [7, 11) is -3.50. The number of oxazole rings is 1. The Balaban J connectivity index is 1.43. The molecule has 1 aromatic heterocycles. The minimum absolute atomic E-state index is 0.0819. The van der Waals surface area contributed by atoms with Gasteiger partial charge in [0, 0.05) is 6.42 Å². The summed E-state index contributed by atoms with van der Waals surface area (Å²) in [5.74, 6) is -1.49. The molecule has 1 atom stereocenters. The third-order valence-electron chi connectivity index (χ3n) is 5.87. The van der Waals surface area contributed by atoms with Crippen molar-refractivity contribution < 1.29 is 22.4 Å². The largest absolute Gasteiger partial charge is 0.434 e. The minimum Gasteiger partial charge on any atom is -0.434 e. The third-order valence-corrected chi connectivity index (χ3v) is 7.47. The number of aromatic nitrogens is 1. The zero-order chi connectivity index (χ0) is 25.5. The minimum atomic E-state index is -3.50. The Morgan fingerprint density at radius 2 is 1.61 bits per heavy atom. The molecular formula is C28H28N2O5S. The summed E-state index contributed by atoms with van der Waals surface area (Å²) in [5, 5.41) is 2.72. The first-order chi connectivity index (χ1) is 17.3. The average Bonchev–Trinajstić information content (AvgIpc) is 3.31. The van der Waals surface area contributed by atoms with Crippen molar-refractivity contribution in [3.05, 3.63) is 101 Å². The number of hydrogen-bond donors (Lipinski definition) is 1. The van der Waals surface area contributed by atoms with E-state index in [1.807, 2.05) is 49.4 Å². The van der Waals surface area contributed by atoms with Gasteiger partial charge in [-0.2, -0.15) is 0 Å². The predicted octanol–water partition coefficient (Wildman–Crippen LogP) is 4.44. The van der Waals surface area contributed by atoms with Crippen LogP contribution in [0.2, 0.25) is 0 Å². The Morgan fingerprint density at radius 1 is 0.917 bits per heavy atom. The summed E-state index contributed by atoms with van der Waals surface area (Å²) in [6, 6.07) is 23.0. The summed E-state index contributed by atoms with van der Waals surface area (Å²) in [6.45, 7) is 1.93. The molecule has 3 aromatic carbocycles. The van der Waals surface area contributed by atoms with Crippen molar-refractivity contribution in [2.75, 3.05) is 5.75 Å². The molecule has 0 saturated carbocycles. The second-order valence-electron chi connectivity index (χ2n) is 8.82. The molecule has 8 heteroatoms. The van der Waals surface area contributed by atoms with Crippen molar-refractivity contribution in [3.63, 3.8) is 0 Å². The SMILES string of the molecule is Cc1ccc(CS(=O)(=O)CCC(=O)N[C@@H](CCc2ccccc2)C(=O)c2nc3ccccc3o2)cc1. The summed E-state index contributed by atoms with van der Waals surface area (Å²) >= 11 is 0. The van der Waals surface area contributed by atoms with E-state index in [2.05, 4.69) is 10.3 Å². The second kappa shape index (κ2) is 11.3.